The highest BCUT2D eigenvalue weighted by atomic mass is 32.2. The van der Waals surface area contributed by atoms with Gasteiger partial charge in [-0.05, 0) is 55.0 Å². The van der Waals surface area contributed by atoms with E-state index in [4.69, 9.17) is 8.70 Å². The van der Waals surface area contributed by atoms with Gasteiger partial charge in [-0.15, -0.1) is 0 Å². The first kappa shape index (κ1) is 30.5. The molecule has 0 saturated carbocycles. The molecule has 3 aromatic carbocycles. The van der Waals surface area contributed by atoms with E-state index in [0.29, 0.717) is 43.9 Å². The Morgan fingerprint density at radius 3 is 2.64 bits per heavy atom. The molecule has 42 heavy (non-hydrogen) atoms. The maximum Gasteiger partial charge on any atom is 0.376 e. The number of anilines is 1. The van der Waals surface area contributed by atoms with Gasteiger partial charge in [-0.3, -0.25) is 0 Å². The van der Waals surface area contributed by atoms with Gasteiger partial charge in [-0.1, -0.05) is 49.0 Å². The minimum atomic E-state index is -4.30. The van der Waals surface area contributed by atoms with Crippen molar-refractivity contribution in [1.29, 1.82) is 0 Å². The van der Waals surface area contributed by atoms with Gasteiger partial charge in [-0.25, -0.2) is 8.42 Å². The van der Waals surface area contributed by atoms with E-state index < -0.39 is 26.0 Å². The summed E-state index contributed by atoms with van der Waals surface area (Å²) in [5.41, 5.74) is 6.06. The van der Waals surface area contributed by atoms with E-state index in [1.807, 2.05) is 60.0 Å². The first-order valence-electron chi connectivity index (χ1n) is 13.7. The molecule has 1 aromatic heterocycles. The van der Waals surface area contributed by atoms with Crippen LogP contribution in [0, 0.1) is 6.92 Å². The Labute approximate surface area is 250 Å². The Bertz CT molecular complexity index is 1850. The Hall–Kier alpha value is -2.94. The zero-order chi connectivity index (χ0) is 29.9. The van der Waals surface area contributed by atoms with Crippen LogP contribution in [0.5, 0.6) is 0 Å². The maximum atomic E-state index is 12.3. The molecule has 0 unspecified atom stereocenters. The molecule has 0 bridgehead atoms. The molecular weight excluding hydrogens is 599 g/mol. The maximum absolute atomic E-state index is 12.3. The predicted octanol–water partition coefficient (Wildman–Crippen LogP) is 4.68. The normalized spacial score (nSPS) is 14.8. The fourth-order valence-corrected chi connectivity index (χ4v) is 7.51. The van der Waals surface area contributed by atoms with Crippen molar-refractivity contribution >= 4 is 65.6 Å². The molecule has 1 aliphatic heterocycles. The number of aryl methyl sites for hydroxylation is 2. The van der Waals surface area contributed by atoms with E-state index in [2.05, 4.69) is 22.5 Å². The van der Waals surface area contributed by atoms with Crippen molar-refractivity contribution in [2.45, 2.75) is 44.6 Å². The number of thioether (sulfide) groups is 1. The molecule has 1 N–H and O–H groups in total. The fraction of sp³-hybridized carbons (Fsp3) is 0.345. The number of hydrogen-bond donors (Lipinski definition) is 1. The third-order valence-electron chi connectivity index (χ3n) is 6.88. The summed E-state index contributed by atoms with van der Waals surface area (Å²) in [7, 11) is -8.01. The Morgan fingerprint density at radius 1 is 1.05 bits per heavy atom. The Morgan fingerprint density at radius 2 is 1.86 bits per heavy atom. The van der Waals surface area contributed by atoms with Crippen LogP contribution in [0.3, 0.4) is 0 Å². The van der Waals surface area contributed by atoms with Gasteiger partial charge in [-0.2, -0.15) is 22.7 Å². The summed E-state index contributed by atoms with van der Waals surface area (Å²) in [6.45, 7) is 5.04. The van der Waals surface area contributed by atoms with Crippen molar-refractivity contribution in [1.82, 2.24) is 5.48 Å². The minimum absolute atomic E-state index is 0.144. The molecule has 4 aromatic rings. The number of rotatable bonds is 13. The molecule has 1 aliphatic rings. The predicted molar refractivity (Wildman–Crippen MR) is 163 cm³/mol. The summed E-state index contributed by atoms with van der Waals surface area (Å²) in [6.07, 6.45) is 3.00. The summed E-state index contributed by atoms with van der Waals surface area (Å²) in [5.74, 6) is 0.0140. The van der Waals surface area contributed by atoms with E-state index in [1.165, 1.54) is 0 Å². The molecule has 0 atom stereocenters. The zero-order valence-electron chi connectivity index (χ0n) is 23.4. The number of fused-ring (bicyclic) bond motifs is 4. The second-order valence-corrected chi connectivity index (χ2v) is 14.4. The van der Waals surface area contributed by atoms with Gasteiger partial charge in [0.15, 0.2) is 6.54 Å². The highest BCUT2D eigenvalue weighted by Gasteiger charge is 2.30. The van der Waals surface area contributed by atoms with Crippen molar-refractivity contribution < 1.29 is 34.7 Å². The van der Waals surface area contributed by atoms with Crippen molar-refractivity contribution in [3.8, 4) is 0 Å². The number of benzene rings is 3. The highest BCUT2D eigenvalue weighted by molar-refractivity contribution is 8.03. The van der Waals surface area contributed by atoms with Gasteiger partial charge in [0.25, 0.3) is 15.6 Å². The minimum Gasteiger partial charge on any atom is -0.748 e. The molecule has 13 heteroatoms. The number of hydrogen-bond acceptors (Lipinski definition) is 10. The SMILES string of the molecule is CCNOS(=O)(=O)CCCN1C(=Cc2oc3ccc4ccccc4c3[n+]2CCCCS(=O)(=O)[O-])Sc2ccc(C)cc21. The summed E-state index contributed by atoms with van der Waals surface area (Å²) >= 11 is 1.57. The van der Waals surface area contributed by atoms with Crippen LogP contribution in [0.4, 0.5) is 5.69 Å². The number of unbranched alkanes of at least 4 members (excludes halogenated alkanes) is 1. The smallest absolute Gasteiger partial charge is 0.376 e. The summed E-state index contributed by atoms with van der Waals surface area (Å²) in [5, 5.41) is 2.92. The van der Waals surface area contributed by atoms with Gasteiger partial charge < -0.3 is 13.9 Å². The van der Waals surface area contributed by atoms with Gasteiger partial charge in [0.2, 0.25) is 5.58 Å². The lowest BCUT2D eigenvalue weighted by molar-refractivity contribution is -0.677. The number of hydroxylamine groups is 1. The molecule has 0 spiro atoms. The van der Waals surface area contributed by atoms with E-state index in [9.17, 15) is 21.4 Å². The van der Waals surface area contributed by atoms with Crippen LogP contribution < -0.4 is 14.9 Å². The van der Waals surface area contributed by atoms with Gasteiger partial charge >= 0.3 is 5.89 Å². The van der Waals surface area contributed by atoms with Gasteiger partial charge in [0.1, 0.15) is 0 Å². The van der Waals surface area contributed by atoms with E-state index in [0.717, 1.165) is 37.5 Å². The number of aromatic nitrogens is 1. The third-order valence-corrected chi connectivity index (χ3v) is 9.94. The van der Waals surface area contributed by atoms with Crippen LogP contribution in [-0.2, 0) is 31.1 Å². The molecule has 10 nitrogen and oxygen atoms in total. The average molecular weight is 632 g/mol. The van der Waals surface area contributed by atoms with Crippen molar-refractivity contribution in [2.75, 3.05) is 29.5 Å². The number of nitrogens with one attached hydrogen (secondary N) is 1. The second-order valence-electron chi connectivity index (χ2n) is 10.1. The second kappa shape index (κ2) is 12.7. The Kier molecular flexibility index (Phi) is 9.26. The molecular formula is C29H33N3O7S3. The van der Waals surface area contributed by atoms with Crippen molar-refractivity contribution in [3.63, 3.8) is 0 Å². The van der Waals surface area contributed by atoms with Crippen LogP contribution in [0.25, 0.3) is 27.9 Å². The van der Waals surface area contributed by atoms with Crippen LogP contribution in [0.2, 0.25) is 0 Å². The molecule has 2 heterocycles. The first-order valence-corrected chi connectivity index (χ1v) is 17.7. The monoisotopic (exact) mass is 631 g/mol. The van der Waals surface area contributed by atoms with Crippen molar-refractivity contribution in [3.05, 3.63) is 71.1 Å². The van der Waals surface area contributed by atoms with E-state index >= 15 is 0 Å². The summed E-state index contributed by atoms with van der Waals surface area (Å²) < 4.78 is 71.4. The average Bonchev–Trinajstić information content (AvgIpc) is 3.46. The van der Waals surface area contributed by atoms with Gasteiger partial charge in [0.05, 0.1) is 38.0 Å². The zero-order valence-corrected chi connectivity index (χ0v) is 25.9. The number of nitrogens with zero attached hydrogens (tertiary/aromatic N) is 2. The molecule has 0 fully saturated rings. The van der Waals surface area contributed by atoms with Crippen LogP contribution in [-0.4, -0.2) is 46.0 Å². The lowest BCUT2D eigenvalue weighted by Crippen LogP contribution is -2.36. The van der Waals surface area contributed by atoms with E-state index in [-0.39, 0.29) is 12.2 Å². The topological polar surface area (TPSA) is 133 Å². The summed E-state index contributed by atoms with van der Waals surface area (Å²) in [6, 6.07) is 18.1. The van der Waals surface area contributed by atoms with Crippen LogP contribution in [0.15, 0.2) is 68.9 Å². The lowest BCUT2D eigenvalue weighted by Gasteiger charge is -2.20. The molecule has 0 aliphatic carbocycles. The summed E-state index contributed by atoms with van der Waals surface area (Å²) in [4.78, 5) is 3.14. The van der Waals surface area contributed by atoms with Crippen LogP contribution in [0.1, 0.15) is 37.6 Å². The van der Waals surface area contributed by atoms with Gasteiger partial charge in [0, 0.05) is 30.2 Å². The molecule has 5 rings (SSSR count). The Balaban J connectivity index is 1.52. The lowest BCUT2D eigenvalue weighted by atomic mass is 10.1. The quantitative estimate of drug-likeness (QED) is 0.0960. The van der Waals surface area contributed by atoms with E-state index in [1.54, 1.807) is 18.7 Å². The molecule has 0 amide bonds. The third kappa shape index (κ3) is 7.16. The van der Waals surface area contributed by atoms with Crippen LogP contribution >= 0.6 is 11.8 Å². The largest absolute Gasteiger partial charge is 0.748 e. The standard InChI is InChI=1S/C29H33N3O7S3/c1-3-30-39-42(36,37)18-8-16-31-24-19-21(2)11-14-26(24)40-28(31)20-27-32(15-6-7-17-41(33,34)35)29-23-10-5-4-9-22(23)12-13-25(29)38-27/h4-5,9-14,19-20,30H,3,6-8,15-18H2,1-2H3. The molecule has 0 saturated heterocycles. The highest BCUT2D eigenvalue weighted by Crippen LogP contribution is 2.47. The van der Waals surface area contributed by atoms with Crippen molar-refractivity contribution in [2.24, 2.45) is 0 Å². The molecule has 0 radical (unpaired) electrons. The number of oxazole rings is 1. The first-order chi connectivity index (χ1) is 20.0. The molecule has 224 valence electrons. The fourth-order valence-electron chi connectivity index (χ4n) is 5.00.